The van der Waals surface area contributed by atoms with Crippen LogP contribution in [-0.2, 0) is 10.2 Å². The van der Waals surface area contributed by atoms with Crippen molar-refractivity contribution in [2.45, 2.75) is 59.7 Å². The zero-order chi connectivity index (χ0) is 14.5. The van der Waals surface area contributed by atoms with Gasteiger partial charge in [-0.15, -0.1) is 0 Å². The molecule has 0 saturated heterocycles. The lowest BCUT2D eigenvalue weighted by Crippen LogP contribution is -2.76. The average Bonchev–Trinajstić information content (AvgIpc) is 2.23. The van der Waals surface area contributed by atoms with Crippen molar-refractivity contribution in [3.63, 3.8) is 0 Å². The first-order valence-corrected chi connectivity index (χ1v) is 7.80. The minimum Gasteiger partial charge on any atom is -0.327 e. The van der Waals surface area contributed by atoms with Crippen molar-refractivity contribution in [1.29, 1.82) is 0 Å². The Labute approximate surface area is 111 Å². The van der Waals surface area contributed by atoms with Gasteiger partial charge in [0.15, 0.2) is 0 Å². The maximum atomic E-state index is 12.2. The van der Waals surface area contributed by atoms with Crippen LogP contribution in [0, 0.1) is 10.8 Å². The van der Waals surface area contributed by atoms with Crippen LogP contribution >= 0.6 is 0 Å². The lowest BCUT2D eigenvalue weighted by molar-refractivity contribution is -0.0600. The summed E-state index contributed by atoms with van der Waals surface area (Å²) in [6.07, 6.45) is 0. The summed E-state index contributed by atoms with van der Waals surface area (Å²) in [4.78, 5) is 0. The quantitative estimate of drug-likeness (QED) is 0.802. The molecule has 1 saturated carbocycles. The SMILES string of the molecule is CC(C)N(C)S(=O)(=O)NC1C(C)(C)C(N)C1(C)C. The van der Waals surface area contributed by atoms with E-state index in [2.05, 4.69) is 4.72 Å². The normalized spacial score (nSPS) is 30.6. The third-order valence-corrected chi connectivity index (χ3v) is 6.18. The summed E-state index contributed by atoms with van der Waals surface area (Å²) in [5.74, 6) is 0. The molecular formula is C12H27N3O2S. The molecule has 0 aromatic heterocycles. The monoisotopic (exact) mass is 277 g/mol. The lowest BCUT2D eigenvalue weighted by atomic mass is 9.49. The molecule has 5 nitrogen and oxygen atoms in total. The first-order valence-electron chi connectivity index (χ1n) is 6.36. The highest BCUT2D eigenvalue weighted by Crippen LogP contribution is 2.52. The van der Waals surface area contributed by atoms with Gasteiger partial charge in [-0.1, -0.05) is 27.7 Å². The number of nitrogens with zero attached hydrogens (tertiary/aromatic N) is 1. The molecule has 0 spiro atoms. The number of nitrogens with one attached hydrogen (secondary N) is 1. The van der Waals surface area contributed by atoms with E-state index >= 15 is 0 Å². The predicted molar refractivity (Wildman–Crippen MR) is 74.3 cm³/mol. The van der Waals surface area contributed by atoms with E-state index in [1.165, 1.54) is 4.31 Å². The first kappa shape index (κ1) is 15.9. The number of hydrogen-bond donors (Lipinski definition) is 2. The minimum atomic E-state index is -3.46. The smallest absolute Gasteiger partial charge is 0.279 e. The molecule has 0 heterocycles. The molecule has 1 aliphatic carbocycles. The molecule has 1 rings (SSSR count). The summed E-state index contributed by atoms with van der Waals surface area (Å²) in [5.41, 5.74) is 5.68. The molecule has 0 aliphatic heterocycles. The summed E-state index contributed by atoms with van der Waals surface area (Å²) < 4.78 is 28.6. The van der Waals surface area contributed by atoms with Gasteiger partial charge in [0.2, 0.25) is 0 Å². The Morgan fingerprint density at radius 3 is 1.89 bits per heavy atom. The van der Waals surface area contributed by atoms with Crippen molar-refractivity contribution in [3.05, 3.63) is 0 Å². The van der Waals surface area contributed by atoms with E-state index in [1.54, 1.807) is 7.05 Å². The van der Waals surface area contributed by atoms with Gasteiger partial charge in [0.1, 0.15) is 0 Å². The van der Waals surface area contributed by atoms with Crippen LogP contribution in [0.25, 0.3) is 0 Å². The molecule has 0 unspecified atom stereocenters. The molecule has 1 fully saturated rings. The number of hydrogen-bond acceptors (Lipinski definition) is 3. The van der Waals surface area contributed by atoms with E-state index < -0.39 is 10.2 Å². The molecule has 108 valence electrons. The van der Waals surface area contributed by atoms with Gasteiger partial charge in [-0.05, 0) is 24.7 Å². The van der Waals surface area contributed by atoms with Crippen LogP contribution in [-0.4, -0.2) is 37.9 Å². The molecule has 0 radical (unpaired) electrons. The topological polar surface area (TPSA) is 75.4 Å². The van der Waals surface area contributed by atoms with Crippen LogP contribution in [0.2, 0.25) is 0 Å². The number of nitrogens with two attached hydrogens (primary N) is 1. The Balaban J connectivity index is 2.93. The van der Waals surface area contributed by atoms with Crippen molar-refractivity contribution < 1.29 is 8.42 Å². The third-order valence-electron chi connectivity index (χ3n) is 4.46. The Hall–Kier alpha value is -0.170. The summed E-state index contributed by atoms with van der Waals surface area (Å²) in [7, 11) is -1.87. The Morgan fingerprint density at radius 2 is 1.56 bits per heavy atom. The molecule has 0 bridgehead atoms. The van der Waals surface area contributed by atoms with Crippen molar-refractivity contribution in [2.75, 3.05) is 7.05 Å². The predicted octanol–water partition coefficient (Wildman–Crippen LogP) is 0.923. The summed E-state index contributed by atoms with van der Waals surface area (Å²) in [6.45, 7) is 11.7. The molecule has 3 N–H and O–H groups in total. The molecule has 0 aromatic carbocycles. The van der Waals surface area contributed by atoms with Crippen LogP contribution < -0.4 is 10.5 Å². The summed E-state index contributed by atoms with van der Waals surface area (Å²) in [6, 6.07) is -0.226. The minimum absolute atomic E-state index is 0.0120. The zero-order valence-electron chi connectivity index (χ0n) is 12.5. The maximum absolute atomic E-state index is 12.2. The maximum Gasteiger partial charge on any atom is 0.279 e. The largest absolute Gasteiger partial charge is 0.327 e. The van der Waals surface area contributed by atoms with Crippen LogP contribution in [0.5, 0.6) is 0 Å². The second kappa shape index (κ2) is 4.44. The van der Waals surface area contributed by atoms with E-state index in [4.69, 9.17) is 5.73 Å². The van der Waals surface area contributed by atoms with Crippen molar-refractivity contribution in [3.8, 4) is 0 Å². The Kier molecular flexibility index (Phi) is 3.92. The second-order valence-electron chi connectivity index (χ2n) is 6.79. The average molecular weight is 277 g/mol. The lowest BCUT2D eigenvalue weighted by Gasteiger charge is -2.62. The standard InChI is InChI=1S/C12H27N3O2S/c1-8(2)15(7)18(16,17)14-10-11(3,4)9(13)12(10,5)6/h8-10,14H,13H2,1-7H3. The van der Waals surface area contributed by atoms with Gasteiger partial charge in [0.25, 0.3) is 10.2 Å². The molecule has 1 aliphatic rings. The number of rotatable bonds is 4. The van der Waals surface area contributed by atoms with E-state index in [0.29, 0.717) is 0 Å². The van der Waals surface area contributed by atoms with Crippen LogP contribution in [0.1, 0.15) is 41.5 Å². The highest BCUT2D eigenvalue weighted by Gasteiger charge is 2.61. The van der Waals surface area contributed by atoms with E-state index in [-0.39, 0.29) is 29.0 Å². The fourth-order valence-electron chi connectivity index (χ4n) is 2.99. The summed E-state index contributed by atoms with van der Waals surface area (Å²) >= 11 is 0. The van der Waals surface area contributed by atoms with Crippen LogP contribution in [0.4, 0.5) is 0 Å². The highest BCUT2D eigenvalue weighted by molar-refractivity contribution is 7.87. The van der Waals surface area contributed by atoms with Gasteiger partial charge in [0.05, 0.1) is 0 Å². The Bertz CT molecular complexity index is 399. The van der Waals surface area contributed by atoms with E-state index in [9.17, 15) is 8.42 Å². The van der Waals surface area contributed by atoms with Gasteiger partial charge in [-0.25, -0.2) is 0 Å². The fourth-order valence-corrected chi connectivity index (χ4v) is 4.62. The first-order chi connectivity index (χ1) is 7.85. The molecule has 18 heavy (non-hydrogen) atoms. The molecule has 6 heteroatoms. The molecule has 0 aromatic rings. The van der Waals surface area contributed by atoms with Crippen LogP contribution in [0.3, 0.4) is 0 Å². The van der Waals surface area contributed by atoms with Gasteiger partial charge in [-0.2, -0.15) is 17.4 Å². The summed E-state index contributed by atoms with van der Waals surface area (Å²) in [5, 5.41) is 0. The van der Waals surface area contributed by atoms with E-state index in [0.717, 1.165) is 0 Å². The van der Waals surface area contributed by atoms with Gasteiger partial charge >= 0.3 is 0 Å². The van der Waals surface area contributed by atoms with Gasteiger partial charge < -0.3 is 5.73 Å². The zero-order valence-corrected chi connectivity index (χ0v) is 13.3. The van der Waals surface area contributed by atoms with Crippen molar-refractivity contribution in [1.82, 2.24) is 9.03 Å². The molecule has 0 amide bonds. The third kappa shape index (κ3) is 2.31. The Morgan fingerprint density at radius 1 is 1.17 bits per heavy atom. The van der Waals surface area contributed by atoms with Crippen molar-refractivity contribution >= 4 is 10.2 Å². The van der Waals surface area contributed by atoms with Crippen molar-refractivity contribution in [2.24, 2.45) is 16.6 Å². The van der Waals surface area contributed by atoms with Gasteiger partial charge in [0, 0.05) is 25.2 Å². The highest BCUT2D eigenvalue weighted by atomic mass is 32.2. The molecular weight excluding hydrogens is 250 g/mol. The fraction of sp³-hybridized carbons (Fsp3) is 1.00. The van der Waals surface area contributed by atoms with E-state index in [1.807, 2.05) is 41.5 Å². The van der Waals surface area contributed by atoms with Gasteiger partial charge in [-0.3, -0.25) is 0 Å². The van der Waals surface area contributed by atoms with Crippen LogP contribution in [0.15, 0.2) is 0 Å². The molecule has 0 atom stereocenters. The second-order valence-corrected chi connectivity index (χ2v) is 8.55.